The maximum atomic E-state index is 4.41. The normalized spacial score (nSPS) is 11.2. The SMILES string of the molecule is CCn1cc(NCc2cnn(C(C)C)c2)c(C)n1. The first-order valence-corrected chi connectivity index (χ1v) is 6.41. The van der Waals surface area contributed by atoms with E-state index < -0.39 is 0 Å². The van der Waals surface area contributed by atoms with Crippen molar-refractivity contribution < 1.29 is 0 Å². The molecule has 0 aromatic carbocycles. The third-order valence-corrected chi connectivity index (χ3v) is 2.94. The second-order valence-corrected chi connectivity index (χ2v) is 4.76. The second-order valence-electron chi connectivity index (χ2n) is 4.76. The summed E-state index contributed by atoms with van der Waals surface area (Å²) in [6.07, 6.45) is 6.03. The Labute approximate surface area is 108 Å². The van der Waals surface area contributed by atoms with Crippen molar-refractivity contribution in [1.29, 1.82) is 0 Å². The lowest BCUT2D eigenvalue weighted by molar-refractivity contribution is 0.532. The largest absolute Gasteiger partial charge is 0.378 e. The Morgan fingerprint density at radius 2 is 2.11 bits per heavy atom. The molecule has 18 heavy (non-hydrogen) atoms. The molecular formula is C13H21N5. The van der Waals surface area contributed by atoms with Gasteiger partial charge < -0.3 is 5.32 Å². The predicted octanol–water partition coefficient (Wildman–Crippen LogP) is 2.60. The van der Waals surface area contributed by atoms with Gasteiger partial charge in [0.2, 0.25) is 0 Å². The summed E-state index contributed by atoms with van der Waals surface area (Å²) in [5.41, 5.74) is 3.31. The van der Waals surface area contributed by atoms with E-state index in [1.54, 1.807) is 0 Å². The highest BCUT2D eigenvalue weighted by Gasteiger charge is 2.05. The summed E-state index contributed by atoms with van der Waals surface area (Å²) < 4.78 is 3.91. The Hall–Kier alpha value is -1.78. The summed E-state index contributed by atoms with van der Waals surface area (Å²) in [6.45, 7) is 10.0. The van der Waals surface area contributed by atoms with Crippen LogP contribution in [0.4, 0.5) is 5.69 Å². The van der Waals surface area contributed by atoms with Crippen LogP contribution in [0, 0.1) is 6.92 Å². The fourth-order valence-electron chi connectivity index (χ4n) is 1.80. The molecule has 0 saturated carbocycles. The second kappa shape index (κ2) is 5.25. The molecule has 98 valence electrons. The van der Waals surface area contributed by atoms with Crippen molar-refractivity contribution in [1.82, 2.24) is 19.6 Å². The molecule has 0 spiro atoms. The quantitative estimate of drug-likeness (QED) is 0.883. The Balaban J connectivity index is 1.99. The zero-order chi connectivity index (χ0) is 13.1. The van der Waals surface area contributed by atoms with Gasteiger partial charge in [-0.2, -0.15) is 10.2 Å². The lowest BCUT2D eigenvalue weighted by Gasteiger charge is -2.04. The van der Waals surface area contributed by atoms with Gasteiger partial charge >= 0.3 is 0 Å². The topological polar surface area (TPSA) is 47.7 Å². The smallest absolute Gasteiger partial charge is 0.0825 e. The van der Waals surface area contributed by atoms with Gasteiger partial charge in [-0.05, 0) is 27.7 Å². The molecule has 5 nitrogen and oxygen atoms in total. The number of nitrogens with zero attached hydrogens (tertiary/aromatic N) is 4. The molecule has 0 bridgehead atoms. The monoisotopic (exact) mass is 247 g/mol. The molecule has 0 fully saturated rings. The minimum absolute atomic E-state index is 0.406. The lowest BCUT2D eigenvalue weighted by atomic mass is 10.3. The Morgan fingerprint density at radius 3 is 2.67 bits per heavy atom. The van der Waals surface area contributed by atoms with E-state index in [9.17, 15) is 0 Å². The van der Waals surface area contributed by atoms with Crippen molar-refractivity contribution in [2.75, 3.05) is 5.32 Å². The molecule has 0 saturated heterocycles. The molecule has 2 heterocycles. The Bertz CT molecular complexity index is 509. The van der Waals surface area contributed by atoms with Gasteiger partial charge in [0.1, 0.15) is 0 Å². The van der Waals surface area contributed by atoms with Gasteiger partial charge in [-0.15, -0.1) is 0 Å². The zero-order valence-corrected chi connectivity index (χ0v) is 11.5. The van der Waals surface area contributed by atoms with Crippen molar-refractivity contribution in [2.45, 2.75) is 46.8 Å². The van der Waals surface area contributed by atoms with Crippen LogP contribution in [0.3, 0.4) is 0 Å². The number of aromatic nitrogens is 4. The van der Waals surface area contributed by atoms with E-state index >= 15 is 0 Å². The summed E-state index contributed by atoms with van der Waals surface area (Å²) >= 11 is 0. The molecule has 1 N–H and O–H groups in total. The molecule has 0 radical (unpaired) electrons. The van der Waals surface area contributed by atoms with E-state index in [0.29, 0.717) is 6.04 Å². The van der Waals surface area contributed by atoms with Gasteiger partial charge in [0.15, 0.2) is 0 Å². The maximum Gasteiger partial charge on any atom is 0.0825 e. The van der Waals surface area contributed by atoms with Crippen LogP contribution in [0.2, 0.25) is 0 Å². The molecule has 0 unspecified atom stereocenters. The van der Waals surface area contributed by atoms with Crippen molar-refractivity contribution >= 4 is 5.69 Å². The minimum Gasteiger partial charge on any atom is -0.378 e. The summed E-state index contributed by atoms with van der Waals surface area (Å²) in [6, 6.07) is 0.406. The van der Waals surface area contributed by atoms with Crippen LogP contribution in [-0.4, -0.2) is 19.6 Å². The molecule has 2 rings (SSSR count). The number of hydrogen-bond donors (Lipinski definition) is 1. The van der Waals surface area contributed by atoms with Gasteiger partial charge in [0.05, 0.1) is 17.6 Å². The van der Waals surface area contributed by atoms with Crippen LogP contribution in [0.25, 0.3) is 0 Å². The number of nitrogens with one attached hydrogen (secondary N) is 1. The van der Waals surface area contributed by atoms with E-state index in [-0.39, 0.29) is 0 Å². The zero-order valence-electron chi connectivity index (χ0n) is 11.5. The van der Waals surface area contributed by atoms with Crippen LogP contribution in [-0.2, 0) is 13.1 Å². The van der Waals surface area contributed by atoms with Crippen LogP contribution in [0.5, 0.6) is 0 Å². The molecule has 0 atom stereocenters. The van der Waals surface area contributed by atoms with Crippen molar-refractivity contribution in [3.8, 4) is 0 Å². The highest BCUT2D eigenvalue weighted by molar-refractivity contribution is 5.45. The summed E-state index contributed by atoms with van der Waals surface area (Å²) in [7, 11) is 0. The molecule has 5 heteroatoms. The van der Waals surface area contributed by atoms with E-state index in [2.05, 4.69) is 42.5 Å². The van der Waals surface area contributed by atoms with Crippen molar-refractivity contribution in [3.63, 3.8) is 0 Å². The number of hydrogen-bond acceptors (Lipinski definition) is 3. The molecule has 2 aromatic rings. The standard InChI is InChI=1S/C13H21N5/c1-5-17-9-13(11(4)16-17)14-6-12-7-15-18(8-12)10(2)3/h7-10,14H,5-6H2,1-4H3. The van der Waals surface area contributed by atoms with Crippen LogP contribution in [0.15, 0.2) is 18.6 Å². The van der Waals surface area contributed by atoms with Gasteiger partial charge in [-0.1, -0.05) is 0 Å². The molecule has 0 amide bonds. The average Bonchev–Trinajstić information content (AvgIpc) is 2.93. The number of aryl methyl sites for hydroxylation is 2. The van der Waals surface area contributed by atoms with E-state index in [4.69, 9.17) is 0 Å². The lowest BCUT2D eigenvalue weighted by Crippen LogP contribution is -2.01. The van der Waals surface area contributed by atoms with Gasteiger partial charge in [-0.25, -0.2) is 0 Å². The van der Waals surface area contributed by atoms with E-state index in [1.807, 2.05) is 28.7 Å². The highest BCUT2D eigenvalue weighted by atomic mass is 15.3. The molecular weight excluding hydrogens is 226 g/mol. The fraction of sp³-hybridized carbons (Fsp3) is 0.538. The maximum absolute atomic E-state index is 4.41. The first kappa shape index (κ1) is 12.7. The van der Waals surface area contributed by atoms with Gasteiger partial charge in [0, 0.05) is 37.1 Å². The van der Waals surface area contributed by atoms with Crippen LogP contribution in [0.1, 0.15) is 38.1 Å². The van der Waals surface area contributed by atoms with Crippen molar-refractivity contribution in [2.24, 2.45) is 0 Å². The Morgan fingerprint density at radius 1 is 1.33 bits per heavy atom. The molecule has 0 aliphatic heterocycles. The van der Waals surface area contributed by atoms with E-state index in [0.717, 1.165) is 24.5 Å². The number of rotatable bonds is 5. The van der Waals surface area contributed by atoms with Crippen molar-refractivity contribution in [3.05, 3.63) is 29.8 Å². The Kier molecular flexibility index (Phi) is 3.69. The third kappa shape index (κ3) is 2.72. The van der Waals surface area contributed by atoms with Gasteiger partial charge in [0.25, 0.3) is 0 Å². The summed E-state index contributed by atoms with van der Waals surface area (Å²) in [5.74, 6) is 0. The molecule has 0 aliphatic rings. The third-order valence-electron chi connectivity index (χ3n) is 2.94. The predicted molar refractivity (Wildman–Crippen MR) is 72.6 cm³/mol. The summed E-state index contributed by atoms with van der Waals surface area (Å²) in [4.78, 5) is 0. The molecule has 0 aliphatic carbocycles. The number of anilines is 1. The summed E-state index contributed by atoms with van der Waals surface area (Å²) in [5, 5.41) is 12.1. The average molecular weight is 247 g/mol. The van der Waals surface area contributed by atoms with Crippen LogP contribution < -0.4 is 5.32 Å². The first-order chi connectivity index (χ1) is 8.60. The first-order valence-electron chi connectivity index (χ1n) is 6.41. The molecule has 2 aromatic heterocycles. The van der Waals surface area contributed by atoms with E-state index in [1.165, 1.54) is 5.56 Å². The fourth-order valence-corrected chi connectivity index (χ4v) is 1.80. The van der Waals surface area contributed by atoms with Gasteiger partial charge in [-0.3, -0.25) is 9.36 Å². The highest BCUT2D eigenvalue weighted by Crippen LogP contribution is 2.14. The van der Waals surface area contributed by atoms with Crippen LogP contribution >= 0.6 is 0 Å². The minimum atomic E-state index is 0.406.